The van der Waals surface area contributed by atoms with Crippen LogP contribution < -0.4 is 32.7 Å². The van der Waals surface area contributed by atoms with Crippen molar-refractivity contribution in [2.24, 2.45) is 23.2 Å². The molecule has 2 rings (SSSR count). The van der Waals surface area contributed by atoms with Crippen LogP contribution in [-0.2, 0) is 20.9 Å². The van der Waals surface area contributed by atoms with Gasteiger partial charge in [0.15, 0.2) is 0 Å². The average molecular weight is 560 g/mol. The Balaban J connectivity index is 1.94. The fourth-order valence-electron chi connectivity index (χ4n) is 3.23. The van der Waals surface area contributed by atoms with Gasteiger partial charge in [0.2, 0.25) is 11.8 Å². The normalized spacial score (nSPS) is 12.1. The first-order chi connectivity index (χ1) is 18.9. The molecule has 0 aliphatic carbocycles. The van der Waals surface area contributed by atoms with E-state index < -0.39 is 41.0 Å². The molecule has 0 radical (unpaired) electrons. The lowest BCUT2D eigenvalue weighted by molar-refractivity contribution is -0.384. The molecule has 2 atom stereocenters. The van der Waals surface area contributed by atoms with Crippen molar-refractivity contribution in [3.05, 3.63) is 64.2 Å². The molecule has 0 saturated carbocycles. The Morgan fingerprint density at radius 3 is 2.20 bits per heavy atom. The van der Waals surface area contributed by atoms with Crippen LogP contribution in [0.5, 0.6) is 5.75 Å². The van der Waals surface area contributed by atoms with Crippen molar-refractivity contribution in [3.8, 4) is 5.75 Å². The highest BCUT2D eigenvalue weighted by atomic mass is 16.7. The molecule has 0 aliphatic rings. The maximum atomic E-state index is 13.0. The smallest absolute Gasteiger partial charge is 0.429 e. The lowest BCUT2D eigenvalue weighted by atomic mass is 10.0. The number of nitrogens with two attached hydrogens (primary N) is 3. The number of hydrazine groups is 1. The van der Waals surface area contributed by atoms with Gasteiger partial charge in [-0.3, -0.25) is 24.7 Å². The minimum atomic E-state index is -1.00. The number of hydrogen-bond donors (Lipinski definition) is 5. The first kappa shape index (κ1) is 31.5. The van der Waals surface area contributed by atoms with Gasteiger partial charge in [-0.15, -0.1) is 0 Å². The van der Waals surface area contributed by atoms with E-state index >= 15 is 0 Å². The second-order valence-corrected chi connectivity index (χ2v) is 9.08. The summed E-state index contributed by atoms with van der Waals surface area (Å²) < 4.78 is 10.0. The maximum Gasteiger partial charge on any atom is 0.514 e. The zero-order chi connectivity index (χ0) is 29.8. The van der Waals surface area contributed by atoms with Gasteiger partial charge < -0.3 is 31.6 Å². The molecule has 40 heavy (non-hydrogen) atoms. The predicted molar refractivity (Wildman–Crippen MR) is 143 cm³/mol. The summed E-state index contributed by atoms with van der Waals surface area (Å²) in [7, 11) is 0. The van der Waals surface area contributed by atoms with Gasteiger partial charge in [-0.05, 0) is 48.6 Å². The number of hydrogen-bond acceptors (Lipinski definition) is 10. The minimum absolute atomic E-state index is 0.0759. The van der Waals surface area contributed by atoms with Crippen molar-refractivity contribution in [1.82, 2.24) is 10.3 Å². The van der Waals surface area contributed by atoms with Gasteiger partial charge in [-0.1, -0.05) is 26.0 Å². The van der Waals surface area contributed by atoms with Crippen LogP contribution in [0.1, 0.15) is 32.3 Å². The summed E-state index contributed by atoms with van der Waals surface area (Å²) in [5.74, 6) is 4.41. The second kappa shape index (κ2) is 15.0. The number of amides is 4. The lowest BCUT2D eigenvalue weighted by Gasteiger charge is -2.23. The van der Waals surface area contributed by atoms with Gasteiger partial charge in [0.25, 0.3) is 5.69 Å². The number of benzene rings is 2. The highest BCUT2D eigenvalue weighted by Gasteiger charge is 2.25. The van der Waals surface area contributed by atoms with Gasteiger partial charge in [0.1, 0.15) is 18.4 Å². The molecule has 0 heterocycles. The third-order valence-corrected chi connectivity index (χ3v) is 5.66. The monoisotopic (exact) mass is 559 g/mol. The molecule has 1 unspecified atom stereocenters. The summed E-state index contributed by atoms with van der Waals surface area (Å²) in [6.07, 6.45) is -0.565. The molecule has 0 spiro atoms. The molecule has 8 N–H and O–H groups in total. The number of carbonyl (C=O) groups is 4. The Morgan fingerprint density at radius 2 is 1.65 bits per heavy atom. The Kier molecular flexibility index (Phi) is 11.8. The minimum Gasteiger partial charge on any atom is -0.429 e. The number of nitrogens with one attached hydrogen (secondary N) is 2. The summed E-state index contributed by atoms with van der Waals surface area (Å²) in [6.45, 7) is 3.49. The molecule has 0 aromatic heterocycles. The van der Waals surface area contributed by atoms with Crippen LogP contribution in [0.15, 0.2) is 48.5 Å². The van der Waals surface area contributed by atoms with Crippen LogP contribution in [-0.4, -0.2) is 52.6 Å². The molecule has 0 bridgehead atoms. The lowest BCUT2D eigenvalue weighted by Crippen LogP contribution is -2.52. The number of carbonyl (C=O) groups excluding carboxylic acids is 4. The van der Waals surface area contributed by atoms with E-state index in [9.17, 15) is 29.3 Å². The van der Waals surface area contributed by atoms with Crippen LogP contribution in [0.4, 0.5) is 21.0 Å². The Bertz CT molecular complexity index is 1190. The van der Waals surface area contributed by atoms with Crippen molar-refractivity contribution in [2.45, 2.75) is 45.4 Å². The number of urea groups is 1. The van der Waals surface area contributed by atoms with Crippen LogP contribution in [0.3, 0.4) is 0 Å². The SMILES string of the molecule is CC(C)C(N)C(=O)N[C@@H](CCCN(N)C(N)=O)C(=O)Nc1ccc(COC(=O)Oc2ccc([N+](=O)[O-])cc2)cc1. The van der Waals surface area contributed by atoms with Crippen LogP contribution in [0.2, 0.25) is 0 Å². The average Bonchev–Trinajstić information content (AvgIpc) is 2.91. The van der Waals surface area contributed by atoms with Crippen LogP contribution in [0, 0.1) is 16.0 Å². The summed E-state index contributed by atoms with van der Waals surface area (Å²) in [5.41, 5.74) is 11.9. The highest BCUT2D eigenvalue weighted by molar-refractivity contribution is 5.97. The van der Waals surface area contributed by atoms with Crippen molar-refractivity contribution in [3.63, 3.8) is 0 Å². The molecule has 2 aromatic carbocycles. The Labute approximate surface area is 230 Å². The van der Waals surface area contributed by atoms with Gasteiger partial charge in [-0.2, -0.15) is 0 Å². The van der Waals surface area contributed by atoms with Crippen molar-refractivity contribution < 1.29 is 33.6 Å². The molecule has 4 amide bonds. The number of nitrogens with zero attached hydrogens (tertiary/aromatic N) is 2. The first-order valence-corrected chi connectivity index (χ1v) is 12.2. The van der Waals surface area contributed by atoms with E-state index in [1.54, 1.807) is 38.1 Å². The number of ether oxygens (including phenoxy) is 2. The largest absolute Gasteiger partial charge is 0.514 e. The third kappa shape index (κ3) is 10.2. The van der Waals surface area contributed by atoms with E-state index in [0.29, 0.717) is 11.3 Å². The van der Waals surface area contributed by atoms with Crippen LogP contribution >= 0.6 is 0 Å². The van der Waals surface area contributed by atoms with E-state index in [0.717, 1.165) is 5.01 Å². The van der Waals surface area contributed by atoms with E-state index in [2.05, 4.69) is 10.6 Å². The third-order valence-electron chi connectivity index (χ3n) is 5.66. The van der Waals surface area contributed by atoms with Crippen molar-refractivity contribution in [2.75, 3.05) is 11.9 Å². The molecule has 0 fully saturated rings. The van der Waals surface area contributed by atoms with Crippen molar-refractivity contribution >= 4 is 35.4 Å². The number of nitro benzene ring substituents is 1. The summed E-state index contributed by atoms with van der Waals surface area (Å²) in [5, 5.41) is 16.8. The number of non-ortho nitro benzene ring substituents is 1. The van der Waals surface area contributed by atoms with Crippen molar-refractivity contribution in [1.29, 1.82) is 0 Å². The summed E-state index contributed by atoms with van der Waals surface area (Å²) in [6, 6.07) is 8.68. The zero-order valence-electron chi connectivity index (χ0n) is 22.1. The molecule has 15 nitrogen and oxygen atoms in total. The van der Waals surface area contributed by atoms with E-state index in [4.69, 9.17) is 26.8 Å². The Morgan fingerprint density at radius 1 is 1.02 bits per heavy atom. The fraction of sp³-hybridized carbons (Fsp3) is 0.360. The topological polar surface area (TPSA) is 235 Å². The summed E-state index contributed by atoms with van der Waals surface area (Å²) >= 11 is 0. The number of anilines is 1. The van der Waals surface area contributed by atoms with Gasteiger partial charge in [0.05, 0.1) is 11.0 Å². The molecule has 0 saturated heterocycles. The fourth-order valence-corrected chi connectivity index (χ4v) is 3.23. The Hall–Kier alpha value is -4.76. The van der Waals surface area contributed by atoms with Gasteiger partial charge in [-0.25, -0.2) is 15.4 Å². The highest BCUT2D eigenvalue weighted by Crippen LogP contribution is 2.18. The van der Waals surface area contributed by atoms with Gasteiger partial charge >= 0.3 is 12.2 Å². The molecule has 2 aromatic rings. The van der Waals surface area contributed by atoms with Gasteiger partial charge in [0, 0.05) is 24.4 Å². The molecule has 0 aliphatic heterocycles. The zero-order valence-corrected chi connectivity index (χ0v) is 22.1. The second-order valence-electron chi connectivity index (χ2n) is 9.08. The number of primary amides is 1. The van der Waals surface area contributed by atoms with Crippen LogP contribution in [0.25, 0.3) is 0 Å². The van der Waals surface area contributed by atoms with E-state index in [1.807, 2.05) is 0 Å². The molecule has 216 valence electrons. The molecular formula is C25H33N7O8. The van der Waals surface area contributed by atoms with E-state index in [1.165, 1.54) is 24.3 Å². The summed E-state index contributed by atoms with van der Waals surface area (Å²) in [4.78, 5) is 58.6. The quantitative estimate of drug-likeness (QED) is 0.0595. The number of rotatable bonds is 13. The maximum absolute atomic E-state index is 13.0. The van der Waals surface area contributed by atoms with E-state index in [-0.39, 0.29) is 43.3 Å². The predicted octanol–water partition coefficient (Wildman–Crippen LogP) is 1.75. The standard InChI is InChI=1S/C25H33N7O8/c1-15(2)21(26)23(34)30-20(4-3-13-31(28)24(27)35)22(33)29-17-7-5-16(6-8-17)14-39-25(36)40-19-11-9-18(10-12-19)32(37)38/h5-12,15,20-21H,3-4,13-14,26,28H2,1-2H3,(H2,27,35)(H,29,33)(H,30,34)/t20-,21?/m0/s1. The first-order valence-electron chi connectivity index (χ1n) is 12.2. The molecule has 15 heteroatoms. The molecular weight excluding hydrogens is 526 g/mol. The number of nitro groups is 1.